The van der Waals surface area contributed by atoms with E-state index in [-0.39, 0.29) is 12.8 Å². The normalized spacial score (nSPS) is 12.5. The molecule has 0 fully saturated rings. The number of ketones is 1. The van der Waals surface area contributed by atoms with Gasteiger partial charge in [-0.3, -0.25) is 9.59 Å². The van der Waals surface area contributed by atoms with E-state index < -0.39 is 35.9 Å². The summed E-state index contributed by atoms with van der Waals surface area (Å²) in [7, 11) is 1.18. The zero-order valence-corrected chi connectivity index (χ0v) is 12.6. The van der Waals surface area contributed by atoms with Crippen molar-refractivity contribution in [2.24, 2.45) is 0 Å². The third-order valence-corrected chi connectivity index (χ3v) is 2.43. The molecule has 1 amide bonds. The molecule has 0 aliphatic heterocycles. The number of nitrogens with one attached hydrogen (secondary N) is 1. The summed E-state index contributed by atoms with van der Waals surface area (Å²) in [4.78, 5) is 37.5. The van der Waals surface area contributed by atoms with Crippen LogP contribution in [0.5, 0.6) is 0 Å². The maximum Gasteiger partial charge on any atom is 0.328 e. The number of methoxy groups -OCH3 is 1. The Labute approximate surface area is 127 Å². The zero-order valence-electron chi connectivity index (χ0n) is 12.6. The molecule has 0 radical (unpaired) electrons. The lowest BCUT2D eigenvalue weighted by atomic mass is 10.1. The molecule has 0 aromatic carbocycles. The Bertz CT molecular complexity index is 505. The summed E-state index contributed by atoms with van der Waals surface area (Å²) in [6.07, 6.45) is -1.30. The summed E-state index contributed by atoms with van der Waals surface area (Å²) >= 11 is 0. The average molecular weight is 310 g/mol. The van der Waals surface area contributed by atoms with E-state index in [0.29, 0.717) is 6.21 Å². The fourth-order valence-corrected chi connectivity index (χ4v) is 1.44. The number of esters is 1. The van der Waals surface area contributed by atoms with Crippen LogP contribution in [0.15, 0.2) is 0 Å². The van der Waals surface area contributed by atoms with Gasteiger partial charge in [0.2, 0.25) is 11.9 Å². The van der Waals surface area contributed by atoms with Crippen LogP contribution in [0.2, 0.25) is 0 Å². The molecule has 9 nitrogen and oxygen atoms in total. The number of nitriles is 1. The van der Waals surface area contributed by atoms with Crippen molar-refractivity contribution in [2.45, 2.75) is 44.9 Å². The van der Waals surface area contributed by atoms with Crippen LogP contribution in [0, 0.1) is 11.3 Å². The zero-order chi connectivity index (χ0) is 17.1. The van der Waals surface area contributed by atoms with E-state index in [9.17, 15) is 14.4 Å². The minimum atomic E-state index is -1.37. The van der Waals surface area contributed by atoms with E-state index in [1.54, 1.807) is 19.9 Å². The number of hydrogen-bond donors (Lipinski definition) is 1. The highest BCUT2D eigenvalue weighted by Crippen LogP contribution is 2.04. The molecule has 0 aromatic rings. The topological polar surface area (TPSA) is 142 Å². The Kier molecular flexibility index (Phi) is 9.02. The number of Topliss-reactive ketones (excluding diaryl/α,β-unsaturated/α-hetero) is 1. The van der Waals surface area contributed by atoms with Gasteiger partial charge in [0.05, 0.1) is 6.10 Å². The number of rotatable bonds is 9. The molecule has 0 aromatic heterocycles. The van der Waals surface area contributed by atoms with E-state index in [1.165, 1.54) is 7.11 Å². The molecule has 0 unspecified atom stereocenters. The molecular formula is C13H18N4O5. The molecule has 0 heterocycles. The van der Waals surface area contributed by atoms with Crippen molar-refractivity contribution in [3.05, 3.63) is 5.53 Å². The lowest BCUT2D eigenvalue weighted by Gasteiger charge is -2.19. The first-order valence-corrected chi connectivity index (χ1v) is 6.49. The van der Waals surface area contributed by atoms with E-state index in [2.05, 4.69) is 14.8 Å². The van der Waals surface area contributed by atoms with Gasteiger partial charge in [0.15, 0.2) is 0 Å². The molecule has 9 heteroatoms. The summed E-state index contributed by atoms with van der Waals surface area (Å²) < 4.78 is 9.62. The number of carbonyl (C=O) groups is 3. The largest absolute Gasteiger partial charge is 0.461 e. The van der Waals surface area contributed by atoms with Gasteiger partial charge < -0.3 is 20.3 Å². The third-order valence-electron chi connectivity index (χ3n) is 2.43. The number of ether oxygens (including phenoxy) is 2. The molecule has 0 aliphatic rings. The second kappa shape index (κ2) is 10.2. The van der Waals surface area contributed by atoms with Crippen molar-refractivity contribution in [2.75, 3.05) is 7.11 Å². The number of nitrogens with zero attached hydrogens (tertiary/aromatic N) is 3. The average Bonchev–Trinajstić information content (AvgIpc) is 2.44. The van der Waals surface area contributed by atoms with E-state index >= 15 is 0 Å². The highest BCUT2D eigenvalue weighted by molar-refractivity contribution is 6.25. The van der Waals surface area contributed by atoms with Gasteiger partial charge in [0, 0.05) is 13.5 Å². The molecule has 22 heavy (non-hydrogen) atoms. The van der Waals surface area contributed by atoms with Crippen molar-refractivity contribution in [1.82, 2.24) is 5.32 Å². The quantitative estimate of drug-likeness (QED) is 0.266. The molecule has 120 valence electrons. The Morgan fingerprint density at radius 2 is 2.05 bits per heavy atom. The minimum absolute atomic E-state index is 0.0655. The SMILES string of the molecule is CO[C@@H](C#N)C(=O)N[C@@H](CCC(=O)C=[N+]=[N-])C(=O)OC(C)C. The third kappa shape index (κ3) is 7.28. The minimum Gasteiger partial charge on any atom is -0.461 e. The first kappa shape index (κ1) is 19.4. The van der Waals surface area contributed by atoms with Crippen LogP contribution in [-0.4, -0.2) is 54.0 Å². The molecular weight excluding hydrogens is 292 g/mol. The molecule has 0 aliphatic carbocycles. The van der Waals surface area contributed by atoms with E-state index in [1.807, 2.05) is 0 Å². The summed E-state index contributed by atoms with van der Waals surface area (Å²) in [5.74, 6) is -2.06. The molecule has 1 N–H and O–H groups in total. The first-order valence-electron chi connectivity index (χ1n) is 6.49. The first-order chi connectivity index (χ1) is 10.3. The van der Waals surface area contributed by atoms with Crippen LogP contribution < -0.4 is 5.32 Å². The fraction of sp³-hybridized carbons (Fsp3) is 0.615. The van der Waals surface area contributed by atoms with Gasteiger partial charge in [-0.15, -0.1) is 0 Å². The molecule has 0 bridgehead atoms. The van der Waals surface area contributed by atoms with Crippen molar-refractivity contribution in [3.8, 4) is 6.07 Å². The van der Waals surface area contributed by atoms with E-state index in [4.69, 9.17) is 15.5 Å². The predicted octanol–water partition coefficient (Wildman–Crippen LogP) is -0.389. The van der Waals surface area contributed by atoms with Gasteiger partial charge in [0.25, 0.3) is 5.91 Å². The maximum atomic E-state index is 11.9. The summed E-state index contributed by atoms with van der Waals surface area (Å²) in [5, 5.41) is 11.0. The summed E-state index contributed by atoms with van der Waals surface area (Å²) in [6, 6.07) is 0.500. The van der Waals surface area contributed by atoms with Crippen molar-refractivity contribution < 1.29 is 28.6 Å². The second-order valence-corrected chi connectivity index (χ2v) is 4.54. The molecule has 2 atom stereocenters. The van der Waals surface area contributed by atoms with Gasteiger partial charge in [-0.25, -0.2) is 4.79 Å². The summed E-state index contributed by atoms with van der Waals surface area (Å²) in [5.41, 5.74) is 8.25. The van der Waals surface area contributed by atoms with Crippen molar-refractivity contribution in [3.63, 3.8) is 0 Å². The molecule has 0 saturated carbocycles. The van der Waals surface area contributed by atoms with Gasteiger partial charge in [-0.1, -0.05) is 0 Å². The molecule has 0 saturated heterocycles. The second-order valence-electron chi connectivity index (χ2n) is 4.54. The maximum absolute atomic E-state index is 11.9. The summed E-state index contributed by atoms with van der Waals surface area (Å²) in [6.45, 7) is 3.27. The number of amides is 1. The van der Waals surface area contributed by atoms with Gasteiger partial charge in [-0.05, 0) is 20.3 Å². The van der Waals surface area contributed by atoms with Crippen molar-refractivity contribution >= 4 is 23.9 Å². The van der Waals surface area contributed by atoms with Crippen LogP contribution in [0.3, 0.4) is 0 Å². The highest BCUT2D eigenvalue weighted by Gasteiger charge is 2.27. The smallest absolute Gasteiger partial charge is 0.328 e. The lowest BCUT2D eigenvalue weighted by Crippen LogP contribution is -2.47. The predicted molar refractivity (Wildman–Crippen MR) is 73.5 cm³/mol. The van der Waals surface area contributed by atoms with Crippen LogP contribution >= 0.6 is 0 Å². The van der Waals surface area contributed by atoms with Gasteiger partial charge in [-0.2, -0.15) is 10.1 Å². The Balaban J connectivity index is 4.89. The van der Waals surface area contributed by atoms with Gasteiger partial charge >= 0.3 is 12.2 Å². The lowest BCUT2D eigenvalue weighted by molar-refractivity contribution is -0.152. The molecule has 0 rings (SSSR count). The number of hydrogen-bond acceptors (Lipinski definition) is 6. The van der Waals surface area contributed by atoms with Crippen LogP contribution in [0.1, 0.15) is 26.7 Å². The molecule has 0 spiro atoms. The van der Waals surface area contributed by atoms with Gasteiger partial charge in [0.1, 0.15) is 12.1 Å². The Hall–Kier alpha value is -2.56. The van der Waals surface area contributed by atoms with Crippen LogP contribution in [-0.2, 0) is 23.9 Å². The standard InChI is InChI=1S/C13H18N4O5/c1-8(2)22-13(20)10(5-4-9(18)7-16-15)17-12(19)11(6-14)21-3/h7-8,10-11H,4-5H2,1-3H3,(H,17,19)/t10-,11-/m0/s1. The highest BCUT2D eigenvalue weighted by atomic mass is 16.5. The van der Waals surface area contributed by atoms with E-state index in [0.717, 1.165) is 0 Å². The van der Waals surface area contributed by atoms with Crippen LogP contribution in [0.4, 0.5) is 0 Å². The monoisotopic (exact) mass is 310 g/mol. The fourth-order valence-electron chi connectivity index (χ4n) is 1.44. The Morgan fingerprint density at radius 3 is 2.50 bits per heavy atom. The van der Waals surface area contributed by atoms with Crippen molar-refractivity contribution in [1.29, 1.82) is 5.26 Å². The number of carbonyl (C=O) groups excluding carboxylic acids is 3. The Morgan fingerprint density at radius 1 is 1.41 bits per heavy atom. The van der Waals surface area contributed by atoms with Crippen LogP contribution in [0.25, 0.3) is 5.53 Å².